The highest BCUT2D eigenvalue weighted by molar-refractivity contribution is 5.77. The van der Waals surface area contributed by atoms with Gasteiger partial charge < -0.3 is 19.3 Å². The van der Waals surface area contributed by atoms with Gasteiger partial charge in [-0.05, 0) is 18.6 Å². The van der Waals surface area contributed by atoms with Crippen LogP contribution in [-0.4, -0.2) is 67.8 Å². The third kappa shape index (κ3) is 5.74. The molecule has 3 rings (SSSR count). The summed E-state index contributed by atoms with van der Waals surface area (Å²) in [5, 5.41) is 0. The van der Waals surface area contributed by atoms with Crippen molar-refractivity contribution in [3.05, 3.63) is 52.5 Å². The van der Waals surface area contributed by atoms with E-state index in [1.807, 2.05) is 4.90 Å². The number of piperazine rings is 1. The molecule has 1 aromatic carbocycles. The van der Waals surface area contributed by atoms with Gasteiger partial charge in [0.05, 0.1) is 17.9 Å². The van der Waals surface area contributed by atoms with Gasteiger partial charge in [0, 0.05) is 52.4 Å². The van der Waals surface area contributed by atoms with Crippen molar-refractivity contribution in [3.8, 4) is 0 Å². The summed E-state index contributed by atoms with van der Waals surface area (Å²) in [6.45, 7) is 4.14. The smallest absolute Gasteiger partial charge is 0.378 e. The molecule has 0 saturated carbocycles. The minimum Gasteiger partial charge on any atom is -0.378 e. The van der Waals surface area contributed by atoms with Crippen molar-refractivity contribution in [2.45, 2.75) is 26.1 Å². The molecule has 0 radical (unpaired) electrons. The van der Waals surface area contributed by atoms with Crippen LogP contribution in [-0.2, 0) is 33.5 Å². The summed E-state index contributed by atoms with van der Waals surface area (Å²) in [7, 11) is 3.03. The molecule has 1 aliphatic heterocycles. The number of anilines is 1. The highest BCUT2D eigenvalue weighted by Crippen LogP contribution is 2.31. The summed E-state index contributed by atoms with van der Waals surface area (Å²) in [5.41, 5.74) is 1.20. The quantitative estimate of drug-likeness (QED) is 0.644. The van der Waals surface area contributed by atoms with Gasteiger partial charge >= 0.3 is 6.18 Å². The second-order valence-corrected chi connectivity index (χ2v) is 7.63. The van der Waals surface area contributed by atoms with Crippen molar-refractivity contribution in [1.29, 1.82) is 0 Å². The molecule has 0 unspecified atom stereocenters. The zero-order valence-corrected chi connectivity index (χ0v) is 18.4. The van der Waals surface area contributed by atoms with Gasteiger partial charge in [-0.2, -0.15) is 13.2 Å². The maximum atomic E-state index is 13.2. The van der Waals surface area contributed by atoms with E-state index < -0.39 is 11.7 Å². The van der Waals surface area contributed by atoms with E-state index in [2.05, 4.69) is 9.97 Å². The second-order valence-electron chi connectivity index (χ2n) is 7.63. The number of carbonyl (C=O) groups excluding carboxylic acids is 1. The van der Waals surface area contributed by atoms with E-state index in [0.29, 0.717) is 49.1 Å². The van der Waals surface area contributed by atoms with Crippen LogP contribution in [0, 0.1) is 6.92 Å². The third-order valence-electron chi connectivity index (χ3n) is 5.30. The number of aryl methyl sites for hydroxylation is 1. The lowest BCUT2D eigenvalue weighted by atomic mass is 10.0. The van der Waals surface area contributed by atoms with Crippen molar-refractivity contribution in [2.75, 3.05) is 51.9 Å². The number of rotatable bonds is 7. The zero-order chi connectivity index (χ0) is 23.3. The van der Waals surface area contributed by atoms with Crippen molar-refractivity contribution in [2.24, 2.45) is 0 Å². The van der Waals surface area contributed by atoms with Crippen LogP contribution >= 0.6 is 0 Å². The Balaban J connectivity index is 1.91. The van der Waals surface area contributed by atoms with E-state index in [4.69, 9.17) is 9.47 Å². The molecule has 32 heavy (non-hydrogen) atoms. The van der Waals surface area contributed by atoms with Gasteiger partial charge in [-0.25, -0.2) is 9.97 Å². The van der Waals surface area contributed by atoms with Crippen LogP contribution in [0.4, 0.5) is 19.0 Å². The lowest BCUT2D eigenvalue weighted by Gasteiger charge is -2.36. The Labute approximate surface area is 185 Å². The van der Waals surface area contributed by atoms with Crippen LogP contribution in [0.25, 0.3) is 0 Å². The molecule has 10 heteroatoms. The molecule has 174 valence electrons. The van der Waals surface area contributed by atoms with Gasteiger partial charge in [0.1, 0.15) is 18.2 Å². The molecular weight excluding hydrogens is 425 g/mol. The number of nitrogens with zero attached hydrogens (tertiary/aromatic N) is 4. The normalized spacial score (nSPS) is 14.7. The number of aromatic nitrogens is 2. The predicted octanol–water partition coefficient (Wildman–Crippen LogP) is 2.84. The van der Waals surface area contributed by atoms with Gasteiger partial charge in [0.25, 0.3) is 0 Å². The molecule has 0 spiro atoms. The van der Waals surface area contributed by atoms with E-state index in [-0.39, 0.29) is 25.5 Å². The minimum atomic E-state index is -4.41. The van der Waals surface area contributed by atoms with Crippen LogP contribution in [0.2, 0.25) is 0 Å². The number of amides is 1. The molecule has 1 aromatic heterocycles. The molecule has 0 bridgehead atoms. The summed E-state index contributed by atoms with van der Waals surface area (Å²) in [4.78, 5) is 25.0. The van der Waals surface area contributed by atoms with Crippen LogP contribution in [0.3, 0.4) is 0 Å². The van der Waals surface area contributed by atoms with Crippen LogP contribution < -0.4 is 4.90 Å². The Morgan fingerprint density at radius 1 is 1.09 bits per heavy atom. The fourth-order valence-electron chi connectivity index (χ4n) is 3.78. The summed E-state index contributed by atoms with van der Waals surface area (Å²) in [6, 6.07) is 5.28. The monoisotopic (exact) mass is 452 g/mol. The van der Waals surface area contributed by atoms with Crippen molar-refractivity contribution < 1.29 is 27.4 Å². The number of benzene rings is 1. The number of methoxy groups -OCH3 is 2. The Morgan fingerprint density at radius 2 is 1.81 bits per heavy atom. The molecule has 7 nitrogen and oxygen atoms in total. The number of ether oxygens (including phenoxy) is 2. The van der Waals surface area contributed by atoms with Crippen molar-refractivity contribution >= 4 is 11.7 Å². The van der Waals surface area contributed by atoms with Gasteiger partial charge in [-0.3, -0.25) is 4.79 Å². The Morgan fingerprint density at radius 3 is 2.44 bits per heavy atom. The van der Waals surface area contributed by atoms with E-state index in [1.54, 1.807) is 25.0 Å². The zero-order valence-electron chi connectivity index (χ0n) is 18.4. The number of hydrogen-bond acceptors (Lipinski definition) is 6. The van der Waals surface area contributed by atoms with Crippen LogP contribution in [0.1, 0.15) is 28.2 Å². The van der Waals surface area contributed by atoms with E-state index >= 15 is 0 Å². The lowest BCUT2D eigenvalue weighted by Crippen LogP contribution is -2.50. The fraction of sp³-hybridized carbons (Fsp3) is 0.500. The molecule has 1 aliphatic rings. The topological polar surface area (TPSA) is 67.8 Å². The standard InChI is InChI=1S/C22H27F3N4O3/c1-15-26-19(13-31-2)18(12-16-5-4-6-17(11-16)22(23,24)25)21(27-15)29-9-7-28(8-10-29)20(30)14-32-3/h4-6,11H,7-10,12-14H2,1-3H3. The summed E-state index contributed by atoms with van der Waals surface area (Å²) < 4.78 is 49.8. The predicted molar refractivity (Wildman–Crippen MR) is 112 cm³/mol. The molecule has 1 fully saturated rings. The van der Waals surface area contributed by atoms with Gasteiger partial charge in [0.2, 0.25) is 5.91 Å². The summed E-state index contributed by atoms with van der Waals surface area (Å²) in [5.74, 6) is 1.15. The molecule has 1 amide bonds. The Kier molecular flexibility index (Phi) is 7.68. The first kappa shape index (κ1) is 23.9. The van der Waals surface area contributed by atoms with Crippen LogP contribution in [0.15, 0.2) is 24.3 Å². The molecule has 0 aliphatic carbocycles. The van der Waals surface area contributed by atoms with Gasteiger partial charge in [-0.1, -0.05) is 18.2 Å². The SMILES string of the molecule is COCC(=O)N1CCN(c2nc(C)nc(COC)c2Cc2cccc(C(F)(F)F)c2)CC1. The van der Waals surface area contributed by atoms with Crippen LogP contribution in [0.5, 0.6) is 0 Å². The highest BCUT2D eigenvalue weighted by atomic mass is 19.4. The minimum absolute atomic E-state index is 0.0331. The largest absolute Gasteiger partial charge is 0.416 e. The Hall–Kier alpha value is -2.72. The molecule has 0 atom stereocenters. The van der Waals surface area contributed by atoms with Gasteiger partial charge in [-0.15, -0.1) is 0 Å². The second kappa shape index (κ2) is 10.3. The first-order valence-electron chi connectivity index (χ1n) is 10.3. The number of alkyl halides is 3. The molecule has 1 saturated heterocycles. The van der Waals surface area contributed by atoms with E-state index in [0.717, 1.165) is 17.7 Å². The maximum absolute atomic E-state index is 13.2. The molecule has 2 aromatic rings. The maximum Gasteiger partial charge on any atom is 0.416 e. The summed E-state index contributed by atoms with van der Waals surface area (Å²) in [6.07, 6.45) is -4.18. The first-order chi connectivity index (χ1) is 15.2. The van der Waals surface area contributed by atoms with Crippen molar-refractivity contribution in [1.82, 2.24) is 14.9 Å². The van der Waals surface area contributed by atoms with Crippen molar-refractivity contribution in [3.63, 3.8) is 0 Å². The summed E-state index contributed by atoms with van der Waals surface area (Å²) >= 11 is 0. The lowest BCUT2D eigenvalue weighted by molar-refractivity contribution is -0.137. The Bertz CT molecular complexity index is 945. The number of halogens is 3. The highest BCUT2D eigenvalue weighted by Gasteiger charge is 2.31. The van der Waals surface area contributed by atoms with E-state index in [9.17, 15) is 18.0 Å². The van der Waals surface area contributed by atoms with E-state index in [1.165, 1.54) is 13.2 Å². The molecule has 2 heterocycles. The average Bonchev–Trinajstić information content (AvgIpc) is 2.75. The molecular formula is C22H27F3N4O3. The number of hydrogen-bond donors (Lipinski definition) is 0. The third-order valence-corrected chi connectivity index (χ3v) is 5.30. The molecule has 0 N–H and O–H groups in total. The fourth-order valence-corrected chi connectivity index (χ4v) is 3.78. The first-order valence-corrected chi connectivity index (χ1v) is 10.3. The average molecular weight is 452 g/mol. The van der Waals surface area contributed by atoms with Gasteiger partial charge in [0.15, 0.2) is 0 Å². The number of carbonyl (C=O) groups is 1.